The van der Waals surface area contributed by atoms with Gasteiger partial charge in [-0.05, 0) is 50.3 Å². The molecule has 1 aliphatic heterocycles. The minimum Gasteiger partial charge on any atom is -0.342 e. The molecule has 0 aromatic heterocycles. The minimum atomic E-state index is -0.888. The van der Waals surface area contributed by atoms with Gasteiger partial charge in [0.1, 0.15) is 5.41 Å². The molecule has 0 spiro atoms. The molecule has 1 aromatic carbocycles. The Morgan fingerprint density at radius 1 is 1.00 bits per heavy atom. The van der Waals surface area contributed by atoms with E-state index in [1.54, 1.807) is 24.3 Å². The Labute approximate surface area is 141 Å². The fourth-order valence-electron chi connectivity index (χ4n) is 3.19. The fraction of sp³-hybridized carbons (Fsp3) is 0.500. The number of likely N-dealkylation sites (tertiary alicyclic amines) is 1. The Morgan fingerprint density at radius 2 is 1.62 bits per heavy atom. The summed E-state index contributed by atoms with van der Waals surface area (Å²) < 4.78 is 0. The molecule has 6 nitrogen and oxygen atoms in total. The second-order valence-corrected chi connectivity index (χ2v) is 6.65. The van der Waals surface area contributed by atoms with Crippen LogP contribution >= 0.6 is 0 Å². The summed E-state index contributed by atoms with van der Waals surface area (Å²) in [4.78, 5) is 38.4. The topological polar surface area (TPSA) is 78.5 Å². The third-order valence-electron chi connectivity index (χ3n) is 4.68. The van der Waals surface area contributed by atoms with Gasteiger partial charge in [-0.2, -0.15) is 0 Å². The van der Waals surface area contributed by atoms with Gasteiger partial charge in [-0.1, -0.05) is 6.07 Å². The van der Waals surface area contributed by atoms with Crippen LogP contribution in [0.2, 0.25) is 0 Å². The lowest BCUT2D eigenvalue weighted by Gasteiger charge is -2.30. The van der Waals surface area contributed by atoms with E-state index in [2.05, 4.69) is 10.6 Å². The maximum atomic E-state index is 12.7. The summed E-state index contributed by atoms with van der Waals surface area (Å²) >= 11 is 0. The fourth-order valence-corrected chi connectivity index (χ4v) is 3.19. The maximum Gasteiger partial charge on any atom is 0.240 e. The first-order chi connectivity index (χ1) is 11.5. The molecular formula is C18H23N3O3. The normalized spacial score (nSPS) is 18.6. The molecule has 2 N–H and O–H groups in total. The van der Waals surface area contributed by atoms with Gasteiger partial charge in [-0.25, -0.2) is 0 Å². The quantitative estimate of drug-likeness (QED) is 0.833. The molecule has 2 aliphatic rings. The molecule has 3 amide bonds. The molecule has 128 valence electrons. The monoisotopic (exact) mass is 329 g/mol. The van der Waals surface area contributed by atoms with Gasteiger partial charge < -0.3 is 15.5 Å². The highest BCUT2D eigenvalue weighted by atomic mass is 16.2. The van der Waals surface area contributed by atoms with Crippen molar-refractivity contribution in [3.63, 3.8) is 0 Å². The summed E-state index contributed by atoms with van der Waals surface area (Å²) in [7, 11) is 0. The van der Waals surface area contributed by atoms with Gasteiger partial charge in [0.05, 0.1) is 0 Å². The summed E-state index contributed by atoms with van der Waals surface area (Å²) in [5, 5.41) is 5.52. The number of carbonyl (C=O) groups excluding carboxylic acids is 3. The Morgan fingerprint density at radius 3 is 2.21 bits per heavy atom. The van der Waals surface area contributed by atoms with Crippen molar-refractivity contribution in [3.05, 3.63) is 24.3 Å². The van der Waals surface area contributed by atoms with Crippen LogP contribution in [-0.2, 0) is 14.4 Å². The van der Waals surface area contributed by atoms with Crippen LogP contribution in [0.5, 0.6) is 0 Å². The number of piperidine rings is 1. The van der Waals surface area contributed by atoms with Gasteiger partial charge in [0.15, 0.2) is 0 Å². The minimum absolute atomic E-state index is 0.0299. The zero-order chi connectivity index (χ0) is 17.2. The average molecular weight is 329 g/mol. The van der Waals surface area contributed by atoms with Crippen LogP contribution in [0.1, 0.15) is 39.0 Å². The van der Waals surface area contributed by atoms with E-state index in [-0.39, 0.29) is 17.7 Å². The second kappa shape index (κ2) is 6.63. The van der Waals surface area contributed by atoms with E-state index in [4.69, 9.17) is 0 Å². The highest BCUT2D eigenvalue weighted by molar-refractivity contribution is 6.13. The van der Waals surface area contributed by atoms with Gasteiger partial charge >= 0.3 is 0 Å². The molecule has 6 heteroatoms. The van der Waals surface area contributed by atoms with Crippen molar-refractivity contribution in [2.24, 2.45) is 5.41 Å². The van der Waals surface area contributed by atoms with Crippen molar-refractivity contribution in [2.75, 3.05) is 23.7 Å². The van der Waals surface area contributed by atoms with Crippen molar-refractivity contribution in [1.29, 1.82) is 0 Å². The molecule has 1 aliphatic carbocycles. The summed E-state index contributed by atoms with van der Waals surface area (Å²) in [5.74, 6) is -0.437. The van der Waals surface area contributed by atoms with Crippen LogP contribution in [0.4, 0.5) is 11.4 Å². The number of nitrogens with one attached hydrogen (secondary N) is 2. The average Bonchev–Trinajstić information content (AvgIpc) is 3.36. The summed E-state index contributed by atoms with van der Waals surface area (Å²) in [6.07, 6.45) is 4.41. The smallest absolute Gasteiger partial charge is 0.240 e. The van der Waals surface area contributed by atoms with E-state index in [1.807, 2.05) is 4.90 Å². The molecule has 1 saturated carbocycles. The standard InChI is InChI=1S/C18H23N3O3/c1-13(22)19-14-6-5-7-15(12-14)20-16(23)18(8-9-18)17(24)21-10-3-2-4-11-21/h5-7,12H,2-4,8-11H2,1H3,(H,19,22)(H,20,23). The molecule has 0 radical (unpaired) electrons. The van der Waals surface area contributed by atoms with Gasteiger partial charge in [0, 0.05) is 31.4 Å². The van der Waals surface area contributed by atoms with Crippen LogP contribution in [0.25, 0.3) is 0 Å². The maximum absolute atomic E-state index is 12.7. The van der Waals surface area contributed by atoms with E-state index >= 15 is 0 Å². The van der Waals surface area contributed by atoms with Gasteiger partial charge in [-0.3, -0.25) is 14.4 Å². The van der Waals surface area contributed by atoms with Gasteiger partial charge in [0.25, 0.3) is 0 Å². The number of anilines is 2. The number of amides is 3. The summed E-state index contributed by atoms with van der Waals surface area (Å²) in [6.45, 7) is 2.94. The molecule has 0 atom stereocenters. The highest BCUT2D eigenvalue weighted by Gasteiger charge is 2.58. The van der Waals surface area contributed by atoms with E-state index in [0.717, 1.165) is 32.4 Å². The first-order valence-corrected chi connectivity index (χ1v) is 8.50. The highest BCUT2D eigenvalue weighted by Crippen LogP contribution is 2.48. The molecular weight excluding hydrogens is 306 g/mol. The van der Waals surface area contributed by atoms with E-state index in [0.29, 0.717) is 24.2 Å². The van der Waals surface area contributed by atoms with Crippen molar-refractivity contribution >= 4 is 29.1 Å². The molecule has 24 heavy (non-hydrogen) atoms. The Kier molecular flexibility index (Phi) is 4.55. The zero-order valence-corrected chi connectivity index (χ0v) is 13.9. The van der Waals surface area contributed by atoms with Crippen molar-refractivity contribution in [1.82, 2.24) is 4.90 Å². The summed E-state index contributed by atoms with van der Waals surface area (Å²) in [6, 6.07) is 6.96. The second-order valence-electron chi connectivity index (χ2n) is 6.65. The molecule has 1 saturated heterocycles. The largest absolute Gasteiger partial charge is 0.342 e. The number of nitrogens with zero attached hydrogens (tertiary/aromatic N) is 1. The van der Waals surface area contributed by atoms with Crippen molar-refractivity contribution in [2.45, 2.75) is 39.0 Å². The molecule has 0 bridgehead atoms. The lowest BCUT2D eigenvalue weighted by atomic mass is 10.0. The van der Waals surface area contributed by atoms with Gasteiger partial charge in [0.2, 0.25) is 17.7 Å². The number of hydrogen-bond donors (Lipinski definition) is 2. The van der Waals surface area contributed by atoms with E-state index < -0.39 is 5.41 Å². The molecule has 1 heterocycles. The summed E-state index contributed by atoms with van der Waals surface area (Å²) in [5.41, 5.74) is 0.318. The third kappa shape index (κ3) is 3.42. The lowest BCUT2D eigenvalue weighted by molar-refractivity contribution is -0.143. The molecule has 3 rings (SSSR count). The Balaban J connectivity index is 1.68. The predicted octanol–water partition coefficient (Wildman–Crippen LogP) is 2.38. The number of benzene rings is 1. The first-order valence-electron chi connectivity index (χ1n) is 8.50. The van der Waals surface area contributed by atoms with Crippen LogP contribution in [0, 0.1) is 5.41 Å². The Bertz CT molecular complexity index is 661. The third-order valence-corrected chi connectivity index (χ3v) is 4.68. The van der Waals surface area contributed by atoms with Crippen LogP contribution in [0.3, 0.4) is 0 Å². The van der Waals surface area contributed by atoms with Crippen LogP contribution < -0.4 is 10.6 Å². The lowest BCUT2D eigenvalue weighted by Crippen LogP contribution is -2.45. The number of rotatable bonds is 4. The van der Waals surface area contributed by atoms with E-state index in [9.17, 15) is 14.4 Å². The van der Waals surface area contributed by atoms with Crippen molar-refractivity contribution < 1.29 is 14.4 Å². The van der Waals surface area contributed by atoms with Crippen LogP contribution in [-0.4, -0.2) is 35.7 Å². The van der Waals surface area contributed by atoms with Crippen LogP contribution in [0.15, 0.2) is 24.3 Å². The molecule has 1 aromatic rings. The zero-order valence-electron chi connectivity index (χ0n) is 13.9. The molecule has 0 unspecified atom stereocenters. The number of carbonyl (C=O) groups is 3. The van der Waals surface area contributed by atoms with E-state index in [1.165, 1.54) is 6.92 Å². The first kappa shape index (κ1) is 16.5. The Hall–Kier alpha value is -2.37. The predicted molar refractivity (Wildman–Crippen MR) is 91.5 cm³/mol. The number of hydrogen-bond acceptors (Lipinski definition) is 3. The SMILES string of the molecule is CC(=O)Nc1cccc(NC(=O)C2(C(=O)N3CCCCC3)CC2)c1. The van der Waals surface area contributed by atoms with Crippen molar-refractivity contribution in [3.8, 4) is 0 Å². The van der Waals surface area contributed by atoms with Gasteiger partial charge in [-0.15, -0.1) is 0 Å². The molecule has 2 fully saturated rings.